The van der Waals surface area contributed by atoms with Crippen LogP contribution < -0.4 is 5.32 Å². The number of rotatable bonds is 7. The highest BCUT2D eigenvalue weighted by atomic mass is 19.4. The Balaban J connectivity index is 1.58. The minimum atomic E-state index is -4.84. The Morgan fingerprint density at radius 2 is 1.84 bits per heavy atom. The minimum absolute atomic E-state index is 0.0590. The summed E-state index contributed by atoms with van der Waals surface area (Å²) >= 11 is 0. The fourth-order valence-electron chi connectivity index (χ4n) is 4.60. The van der Waals surface area contributed by atoms with Crippen LogP contribution in [0.4, 0.5) is 22.0 Å². The first-order valence-electron chi connectivity index (χ1n) is 12.0. The molecule has 38 heavy (non-hydrogen) atoms. The van der Waals surface area contributed by atoms with E-state index < -0.39 is 66.4 Å². The molecule has 1 aromatic heterocycles. The molecule has 4 rings (SSSR count). The summed E-state index contributed by atoms with van der Waals surface area (Å²) in [5, 5.41) is 10.9. The van der Waals surface area contributed by atoms with E-state index in [1.54, 1.807) is 42.5 Å². The Labute approximate surface area is 215 Å². The van der Waals surface area contributed by atoms with Crippen LogP contribution in [0.5, 0.6) is 0 Å². The molecule has 2 N–H and O–H groups in total. The van der Waals surface area contributed by atoms with Crippen molar-refractivity contribution in [1.82, 2.24) is 25.6 Å². The molecule has 0 bridgehead atoms. The summed E-state index contributed by atoms with van der Waals surface area (Å²) in [5.74, 6) is -2.09. The van der Waals surface area contributed by atoms with E-state index in [0.717, 1.165) is 4.90 Å². The zero-order valence-electron chi connectivity index (χ0n) is 20.6. The number of hydrogen-bond donors (Lipinski definition) is 2. The molecule has 2 heterocycles. The highest BCUT2D eigenvalue weighted by Gasteiger charge is 2.42. The number of aromatic amines is 1. The van der Waals surface area contributed by atoms with Gasteiger partial charge in [0, 0.05) is 6.42 Å². The van der Waals surface area contributed by atoms with Gasteiger partial charge in [0.05, 0.1) is 24.7 Å². The van der Waals surface area contributed by atoms with Crippen molar-refractivity contribution >= 4 is 11.8 Å². The third-order valence-corrected chi connectivity index (χ3v) is 6.49. The van der Waals surface area contributed by atoms with Crippen LogP contribution in [0.15, 0.2) is 48.5 Å². The predicted molar refractivity (Wildman–Crippen MR) is 127 cm³/mol. The molecule has 0 spiro atoms. The lowest BCUT2D eigenvalue weighted by atomic mass is 9.94. The molecule has 1 aliphatic heterocycles. The van der Waals surface area contributed by atoms with Gasteiger partial charge in [0.15, 0.2) is 5.69 Å². The van der Waals surface area contributed by atoms with Crippen molar-refractivity contribution in [1.29, 1.82) is 0 Å². The molecule has 1 fully saturated rings. The first-order valence-corrected chi connectivity index (χ1v) is 12.0. The number of carbonyl (C=O) groups excluding carboxylic acids is 2. The molecule has 3 aromatic rings. The van der Waals surface area contributed by atoms with Crippen molar-refractivity contribution in [3.05, 3.63) is 82.4 Å². The van der Waals surface area contributed by atoms with Crippen LogP contribution in [0.2, 0.25) is 0 Å². The van der Waals surface area contributed by atoms with Gasteiger partial charge >= 0.3 is 6.18 Å². The van der Waals surface area contributed by atoms with E-state index in [-0.39, 0.29) is 12.3 Å². The van der Waals surface area contributed by atoms with Crippen LogP contribution in [0.25, 0.3) is 0 Å². The lowest BCUT2D eigenvalue weighted by molar-refractivity contribution is -0.143. The lowest BCUT2D eigenvalue weighted by Gasteiger charge is -2.27. The molecular formula is C26H26F5N5O2. The van der Waals surface area contributed by atoms with Crippen molar-refractivity contribution in [3.63, 3.8) is 0 Å². The summed E-state index contributed by atoms with van der Waals surface area (Å²) in [7, 11) is 0. The topological polar surface area (TPSA) is 91.0 Å². The Bertz CT molecular complexity index is 1290. The van der Waals surface area contributed by atoms with E-state index in [9.17, 15) is 31.5 Å². The highest BCUT2D eigenvalue weighted by Crippen LogP contribution is 2.31. The van der Waals surface area contributed by atoms with Gasteiger partial charge in [-0.15, -0.1) is 5.10 Å². The maximum absolute atomic E-state index is 14.8. The lowest BCUT2D eigenvalue weighted by Crippen LogP contribution is -2.47. The highest BCUT2D eigenvalue weighted by molar-refractivity contribution is 5.89. The smallest absolute Gasteiger partial charge is 0.343 e. The van der Waals surface area contributed by atoms with Crippen LogP contribution >= 0.6 is 0 Å². The number of amides is 2. The molecule has 0 saturated carbocycles. The minimum Gasteiger partial charge on any atom is -0.343 e. The summed E-state index contributed by atoms with van der Waals surface area (Å²) in [6, 6.07) is 11.3. The third-order valence-electron chi connectivity index (χ3n) is 6.49. The van der Waals surface area contributed by atoms with E-state index in [1.165, 1.54) is 6.07 Å². The van der Waals surface area contributed by atoms with Crippen molar-refractivity contribution in [2.45, 2.75) is 57.0 Å². The molecule has 2 amide bonds. The first-order chi connectivity index (χ1) is 18.0. The number of halogens is 5. The Hall–Kier alpha value is -3.83. The van der Waals surface area contributed by atoms with Crippen molar-refractivity contribution in [2.24, 2.45) is 0 Å². The van der Waals surface area contributed by atoms with Gasteiger partial charge < -0.3 is 10.2 Å². The zero-order chi connectivity index (χ0) is 27.6. The zero-order valence-corrected chi connectivity index (χ0v) is 20.6. The summed E-state index contributed by atoms with van der Waals surface area (Å²) < 4.78 is 68.7. The van der Waals surface area contributed by atoms with Gasteiger partial charge in [-0.1, -0.05) is 61.5 Å². The van der Waals surface area contributed by atoms with E-state index in [2.05, 4.69) is 20.7 Å². The van der Waals surface area contributed by atoms with Gasteiger partial charge in [-0.3, -0.25) is 14.7 Å². The molecule has 2 aromatic carbocycles. The van der Waals surface area contributed by atoms with Gasteiger partial charge in [-0.05, 0) is 28.7 Å². The number of nitrogens with zero attached hydrogens (tertiary/aromatic N) is 3. The molecule has 0 radical (unpaired) electrons. The number of alkyl halides is 4. The van der Waals surface area contributed by atoms with Gasteiger partial charge in [0.1, 0.15) is 18.0 Å². The average molecular weight is 536 g/mol. The van der Waals surface area contributed by atoms with Crippen LogP contribution in [0.3, 0.4) is 0 Å². The van der Waals surface area contributed by atoms with E-state index >= 15 is 0 Å². The summed E-state index contributed by atoms with van der Waals surface area (Å²) in [6.07, 6.45) is -7.50. The molecular weight excluding hydrogens is 509 g/mol. The number of hydrogen-bond acceptors (Lipinski definition) is 4. The molecule has 7 nitrogen and oxygen atoms in total. The van der Waals surface area contributed by atoms with Crippen LogP contribution in [-0.2, 0) is 22.2 Å². The normalized spacial score (nSPS) is 18.6. The van der Waals surface area contributed by atoms with Crippen molar-refractivity contribution in [2.75, 3.05) is 6.54 Å². The molecule has 12 heteroatoms. The number of carbonyl (C=O) groups is 2. The third kappa shape index (κ3) is 5.84. The molecule has 0 aliphatic carbocycles. The largest absolute Gasteiger partial charge is 0.437 e. The number of benzene rings is 2. The second-order valence-corrected chi connectivity index (χ2v) is 9.50. The van der Waals surface area contributed by atoms with Crippen LogP contribution in [-0.4, -0.2) is 50.9 Å². The molecule has 3 atom stereocenters. The van der Waals surface area contributed by atoms with Crippen molar-refractivity contribution < 1.29 is 31.5 Å². The van der Waals surface area contributed by atoms with E-state index in [0.29, 0.717) is 16.7 Å². The number of likely N-dealkylation sites (tertiary alicyclic amines) is 1. The maximum Gasteiger partial charge on any atom is 0.437 e. The SMILES string of the molecule is CC(C)c1ccc(C(NC(=O)C2CC(F)CN2C(=O)Cc2[nH]nnc2C(F)(F)F)c2ccccc2)cc1F. The van der Waals surface area contributed by atoms with Crippen LogP contribution in [0, 0.1) is 5.82 Å². The van der Waals surface area contributed by atoms with Crippen LogP contribution in [0.1, 0.15) is 60.3 Å². The summed E-state index contributed by atoms with van der Waals surface area (Å²) in [5.41, 5.74) is -0.349. The molecule has 3 unspecified atom stereocenters. The average Bonchev–Trinajstić information content (AvgIpc) is 3.49. The fourth-order valence-corrected chi connectivity index (χ4v) is 4.60. The van der Waals surface area contributed by atoms with Gasteiger partial charge in [0.2, 0.25) is 11.8 Å². The number of nitrogens with one attached hydrogen (secondary N) is 2. The number of H-pyrrole nitrogens is 1. The van der Waals surface area contributed by atoms with Gasteiger partial charge in [-0.2, -0.15) is 13.2 Å². The summed E-state index contributed by atoms with van der Waals surface area (Å²) in [4.78, 5) is 27.2. The fraction of sp³-hybridized carbons (Fsp3) is 0.385. The quantitative estimate of drug-likeness (QED) is 0.437. The molecule has 1 saturated heterocycles. The monoisotopic (exact) mass is 535 g/mol. The second-order valence-electron chi connectivity index (χ2n) is 9.50. The van der Waals surface area contributed by atoms with Gasteiger partial charge in [0.25, 0.3) is 0 Å². The predicted octanol–water partition coefficient (Wildman–Crippen LogP) is 4.47. The first kappa shape index (κ1) is 27.2. The van der Waals surface area contributed by atoms with E-state index in [4.69, 9.17) is 0 Å². The Kier molecular flexibility index (Phi) is 7.79. The van der Waals surface area contributed by atoms with Gasteiger partial charge in [-0.25, -0.2) is 8.78 Å². The van der Waals surface area contributed by atoms with Crippen molar-refractivity contribution in [3.8, 4) is 0 Å². The maximum atomic E-state index is 14.8. The second kappa shape index (κ2) is 10.9. The molecule has 202 valence electrons. The standard InChI is InChI=1S/C26H26F5N5O2/c1-14(2)18-9-8-16(10-19(18)28)23(15-6-4-3-5-7-15)32-25(38)21-11-17(27)13-36(21)22(37)12-20-24(26(29,30)31)34-35-33-20/h3-10,14,17,21,23H,11-13H2,1-2H3,(H,32,38)(H,33,34,35). The summed E-state index contributed by atoms with van der Waals surface area (Å²) in [6.45, 7) is 3.25. The van der Waals surface area contributed by atoms with E-state index in [1.807, 2.05) is 13.8 Å². The Morgan fingerprint density at radius 3 is 2.47 bits per heavy atom. The Morgan fingerprint density at radius 1 is 1.13 bits per heavy atom. The number of aromatic nitrogens is 3. The molecule has 1 aliphatic rings.